The summed E-state index contributed by atoms with van der Waals surface area (Å²) >= 11 is 0. The van der Waals surface area contributed by atoms with Gasteiger partial charge in [0.1, 0.15) is 17.9 Å². The van der Waals surface area contributed by atoms with Crippen molar-refractivity contribution in [2.75, 3.05) is 5.73 Å². The number of nitrogen functional groups attached to an aromatic ring is 1. The van der Waals surface area contributed by atoms with Crippen LogP contribution >= 0.6 is 0 Å². The Morgan fingerprint density at radius 1 is 1.40 bits per heavy atom. The average Bonchev–Trinajstić information content (AvgIpc) is 2.45. The van der Waals surface area contributed by atoms with E-state index in [1.807, 2.05) is 0 Å². The van der Waals surface area contributed by atoms with Crippen LogP contribution in [0.5, 0.6) is 0 Å². The van der Waals surface area contributed by atoms with Gasteiger partial charge >= 0.3 is 11.5 Å². The smallest absolute Gasteiger partial charge is 0.350 e. The van der Waals surface area contributed by atoms with Gasteiger partial charge in [-0.25, -0.2) is 4.79 Å². The first kappa shape index (κ1) is 14.3. The average molecular weight is 280 g/mol. The minimum atomic E-state index is -0.894. The van der Waals surface area contributed by atoms with E-state index >= 15 is 0 Å². The van der Waals surface area contributed by atoms with Crippen LogP contribution in [0.25, 0.3) is 0 Å². The van der Waals surface area contributed by atoms with Gasteiger partial charge in [-0.05, 0) is 33.8 Å². The molecule has 0 amide bonds. The predicted octanol–water partition coefficient (Wildman–Crippen LogP) is -0.0474. The molecule has 1 aromatic heterocycles. The molecule has 0 saturated carbocycles. The fourth-order valence-corrected chi connectivity index (χ4v) is 2.07. The molecule has 1 aliphatic heterocycles. The number of aromatic nitrogens is 2. The van der Waals surface area contributed by atoms with Gasteiger partial charge in [0.25, 0.3) is 0 Å². The maximum Gasteiger partial charge on any atom is 0.350 e. The molecule has 0 saturated heterocycles. The quantitative estimate of drug-likeness (QED) is 0.603. The van der Waals surface area contributed by atoms with E-state index in [0.29, 0.717) is 9.80 Å². The van der Waals surface area contributed by atoms with E-state index in [9.17, 15) is 15.2 Å². The number of hydroxylamine groups is 3. The topological polar surface area (TPSA) is 110 Å². The second-order valence-corrected chi connectivity index (χ2v) is 5.89. The van der Waals surface area contributed by atoms with Crippen LogP contribution in [-0.4, -0.2) is 36.3 Å². The first-order valence-corrected chi connectivity index (χ1v) is 6.22. The molecular formula is C12H18N5O3. The van der Waals surface area contributed by atoms with E-state index in [1.54, 1.807) is 27.7 Å². The molecule has 0 aromatic carbocycles. The van der Waals surface area contributed by atoms with Gasteiger partial charge in [0, 0.05) is 11.4 Å². The van der Waals surface area contributed by atoms with E-state index in [2.05, 4.69) is 4.98 Å². The van der Waals surface area contributed by atoms with Crippen molar-refractivity contribution in [3.8, 4) is 0 Å². The van der Waals surface area contributed by atoms with Crippen molar-refractivity contribution in [2.24, 2.45) is 0 Å². The highest BCUT2D eigenvalue weighted by atomic mass is 16.5. The van der Waals surface area contributed by atoms with Gasteiger partial charge in [-0.2, -0.15) is 4.98 Å². The minimum Gasteiger partial charge on any atom is -0.715 e. The lowest BCUT2D eigenvalue weighted by molar-refractivity contribution is -0.541. The molecule has 1 aromatic rings. The third kappa shape index (κ3) is 1.83. The fraction of sp³-hybridized carbons (Fsp3) is 0.583. The summed E-state index contributed by atoms with van der Waals surface area (Å²) in [4.78, 5) is 15.3. The van der Waals surface area contributed by atoms with Crippen LogP contribution in [0.4, 0.5) is 5.82 Å². The Labute approximate surface area is 116 Å². The van der Waals surface area contributed by atoms with Crippen molar-refractivity contribution < 1.29 is 9.95 Å². The van der Waals surface area contributed by atoms with Crippen LogP contribution in [0.2, 0.25) is 0 Å². The van der Waals surface area contributed by atoms with Crippen LogP contribution < -0.4 is 11.4 Å². The van der Waals surface area contributed by atoms with Gasteiger partial charge in [-0.15, -0.1) is 0 Å². The highest BCUT2D eigenvalue weighted by Crippen LogP contribution is 2.35. The molecule has 2 rings (SSSR count). The van der Waals surface area contributed by atoms with Crippen LogP contribution in [0.1, 0.15) is 27.7 Å². The zero-order valence-electron chi connectivity index (χ0n) is 12.0. The first-order chi connectivity index (χ1) is 9.09. The Balaban J connectivity index is 2.43. The lowest BCUT2D eigenvalue weighted by Gasteiger charge is -2.32. The summed E-state index contributed by atoms with van der Waals surface area (Å²) in [5.74, 6) is 0.0787. The molecule has 0 fully saturated rings. The third-order valence-corrected chi connectivity index (χ3v) is 4.19. The molecule has 0 aliphatic carbocycles. The van der Waals surface area contributed by atoms with E-state index < -0.39 is 16.8 Å². The Morgan fingerprint density at radius 3 is 2.45 bits per heavy atom. The molecule has 0 unspecified atom stereocenters. The van der Waals surface area contributed by atoms with Crippen LogP contribution in [0, 0.1) is 5.21 Å². The second-order valence-electron chi connectivity index (χ2n) is 5.89. The summed E-state index contributed by atoms with van der Waals surface area (Å²) in [6.07, 6.45) is 1.41. The molecule has 109 valence electrons. The van der Waals surface area contributed by atoms with Gasteiger partial charge in [-0.1, -0.05) is 5.06 Å². The zero-order valence-corrected chi connectivity index (χ0v) is 12.0. The number of amidine groups is 1. The fourth-order valence-electron chi connectivity index (χ4n) is 2.07. The lowest BCUT2D eigenvalue weighted by atomic mass is 9.84. The number of anilines is 1. The summed E-state index contributed by atoms with van der Waals surface area (Å²) in [6.45, 7) is 6.65. The van der Waals surface area contributed by atoms with E-state index in [1.165, 1.54) is 16.8 Å². The van der Waals surface area contributed by atoms with Crippen molar-refractivity contribution in [3.05, 3.63) is 28.0 Å². The number of rotatable bonds is 2. The summed E-state index contributed by atoms with van der Waals surface area (Å²) in [7, 11) is 0. The number of hydrogen-bond donors (Lipinski definition) is 1. The molecule has 0 spiro atoms. The monoisotopic (exact) mass is 280 g/mol. The van der Waals surface area contributed by atoms with Crippen molar-refractivity contribution in [1.29, 1.82) is 0 Å². The Bertz CT molecular complexity index is 632. The van der Waals surface area contributed by atoms with Gasteiger partial charge < -0.3 is 10.9 Å². The molecule has 1 aliphatic rings. The molecular weight excluding hydrogens is 262 g/mol. The van der Waals surface area contributed by atoms with Crippen molar-refractivity contribution in [1.82, 2.24) is 14.6 Å². The molecule has 1 radical (unpaired) electrons. The summed E-state index contributed by atoms with van der Waals surface area (Å²) in [5, 5.41) is 25.3. The predicted molar refractivity (Wildman–Crippen MR) is 72.2 cm³/mol. The Kier molecular flexibility index (Phi) is 3.01. The molecule has 0 atom stereocenters. The van der Waals surface area contributed by atoms with Gasteiger partial charge in [0.2, 0.25) is 0 Å². The van der Waals surface area contributed by atoms with Crippen molar-refractivity contribution in [2.45, 2.75) is 45.3 Å². The molecule has 0 bridgehead atoms. The summed E-state index contributed by atoms with van der Waals surface area (Å²) < 4.78 is 1.85. The van der Waals surface area contributed by atoms with Crippen molar-refractivity contribution in [3.63, 3.8) is 0 Å². The standard InChI is InChI=1S/C12H18N5O3/c1-11(2)12(3,4)17(20)9(16(11)19)7-15-6-5-8(13)14-10(15)18/h5-6H,7H2,1-4H3,(H2,13,14,18). The second kappa shape index (κ2) is 4.20. The molecule has 8 heteroatoms. The third-order valence-electron chi connectivity index (χ3n) is 4.19. The zero-order chi connectivity index (χ0) is 15.3. The molecule has 2 N–H and O–H groups in total. The normalized spacial score (nSPS) is 20.6. The number of nitrogens with two attached hydrogens (primary N) is 1. The van der Waals surface area contributed by atoms with Crippen LogP contribution in [-0.2, 0) is 11.8 Å². The SMILES string of the molecule is CC1(C)N([O])C(Cn2ccc(N)nc2=O)=[N+]([O-])C1(C)C. The summed E-state index contributed by atoms with van der Waals surface area (Å²) in [5.41, 5.74) is 3.02. The number of nitrogens with zero attached hydrogens (tertiary/aromatic N) is 4. The Hall–Kier alpha value is -2.09. The largest absolute Gasteiger partial charge is 0.715 e. The van der Waals surface area contributed by atoms with Crippen molar-refractivity contribution >= 4 is 11.7 Å². The lowest BCUT2D eigenvalue weighted by Crippen LogP contribution is -2.53. The molecule has 20 heavy (non-hydrogen) atoms. The Morgan fingerprint density at radius 2 is 2.00 bits per heavy atom. The first-order valence-electron chi connectivity index (χ1n) is 6.22. The number of hydrogen-bond acceptors (Lipinski definition) is 5. The van der Waals surface area contributed by atoms with E-state index in [0.717, 1.165) is 0 Å². The molecule has 2 heterocycles. The van der Waals surface area contributed by atoms with Gasteiger partial charge in [0.15, 0.2) is 5.54 Å². The highest BCUT2D eigenvalue weighted by Gasteiger charge is 2.59. The maximum atomic E-state index is 12.3. The van der Waals surface area contributed by atoms with Gasteiger partial charge in [0.05, 0.1) is 0 Å². The van der Waals surface area contributed by atoms with Crippen LogP contribution in [0.15, 0.2) is 17.1 Å². The highest BCUT2D eigenvalue weighted by molar-refractivity contribution is 5.78. The van der Waals surface area contributed by atoms with Crippen LogP contribution in [0.3, 0.4) is 0 Å². The van der Waals surface area contributed by atoms with Gasteiger partial charge in [-0.3, -0.25) is 9.31 Å². The summed E-state index contributed by atoms with van der Waals surface area (Å²) in [6, 6.07) is 1.44. The van der Waals surface area contributed by atoms with E-state index in [4.69, 9.17) is 5.73 Å². The van der Waals surface area contributed by atoms with E-state index in [-0.39, 0.29) is 18.2 Å². The molecule has 8 nitrogen and oxygen atoms in total. The minimum absolute atomic E-state index is 0.0197. The maximum absolute atomic E-state index is 12.3.